The van der Waals surface area contributed by atoms with E-state index in [9.17, 15) is 9.18 Å². The Morgan fingerprint density at radius 3 is 2.45 bits per heavy atom. The van der Waals surface area contributed by atoms with Gasteiger partial charge in [0.15, 0.2) is 0 Å². The number of ether oxygens (including phenoxy) is 1. The summed E-state index contributed by atoms with van der Waals surface area (Å²) in [6.07, 6.45) is -0.349. The first kappa shape index (κ1) is 16.1. The summed E-state index contributed by atoms with van der Waals surface area (Å²) in [4.78, 5) is 15.5. The van der Waals surface area contributed by atoms with Crippen LogP contribution >= 0.6 is 0 Å². The topological polar surface area (TPSA) is 56.6 Å². The molecule has 0 saturated carbocycles. The van der Waals surface area contributed by atoms with E-state index < -0.39 is 5.60 Å². The highest BCUT2D eigenvalue weighted by Gasteiger charge is 2.26. The Morgan fingerprint density at radius 1 is 1.27 bits per heavy atom. The Labute approximate surface area is 129 Å². The summed E-state index contributed by atoms with van der Waals surface area (Å²) in [5, 5.41) is 8.91. The maximum atomic E-state index is 13.9. The maximum Gasteiger partial charge on any atom is 0.410 e. The molecule has 1 aromatic carbocycles. The number of hydrogen-bond donors (Lipinski definition) is 0. The van der Waals surface area contributed by atoms with E-state index in [1.807, 2.05) is 31.7 Å². The monoisotopic (exact) mass is 305 g/mol. The molecule has 6 heteroatoms. The first-order valence-corrected chi connectivity index (χ1v) is 7.23. The fourth-order valence-corrected chi connectivity index (χ4v) is 2.28. The number of carbonyl (C=O) groups excluding carboxylic acids is 1. The van der Waals surface area contributed by atoms with Gasteiger partial charge in [-0.1, -0.05) is 0 Å². The van der Waals surface area contributed by atoms with Crippen LogP contribution in [0.2, 0.25) is 0 Å². The largest absolute Gasteiger partial charge is 0.444 e. The standard InChI is InChI=1S/C16H20FN3O2/c1-16(2,3)22-15(21)20-8-6-19(7-9-20)14-10-12(11-18)4-5-13(14)17/h4-5,10H,6-9H2,1-3H3. The Bertz CT molecular complexity index is 596. The Morgan fingerprint density at radius 2 is 1.91 bits per heavy atom. The minimum Gasteiger partial charge on any atom is -0.444 e. The van der Waals surface area contributed by atoms with Crippen LogP contribution in [0.4, 0.5) is 14.9 Å². The van der Waals surface area contributed by atoms with Crippen molar-refractivity contribution in [2.45, 2.75) is 26.4 Å². The normalized spacial score (nSPS) is 15.4. The fourth-order valence-electron chi connectivity index (χ4n) is 2.28. The van der Waals surface area contributed by atoms with Gasteiger partial charge in [0.1, 0.15) is 11.4 Å². The van der Waals surface area contributed by atoms with Crippen LogP contribution in [0.25, 0.3) is 0 Å². The van der Waals surface area contributed by atoms with Gasteiger partial charge >= 0.3 is 6.09 Å². The van der Waals surface area contributed by atoms with Gasteiger partial charge in [-0.05, 0) is 39.0 Å². The van der Waals surface area contributed by atoms with Gasteiger partial charge in [-0.15, -0.1) is 0 Å². The van der Waals surface area contributed by atoms with Crippen LogP contribution in [0.5, 0.6) is 0 Å². The van der Waals surface area contributed by atoms with E-state index in [4.69, 9.17) is 10.00 Å². The average molecular weight is 305 g/mol. The molecule has 118 valence electrons. The summed E-state index contributed by atoms with van der Waals surface area (Å²) < 4.78 is 19.2. The number of rotatable bonds is 1. The molecule has 0 unspecified atom stereocenters. The first-order valence-electron chi connectivity index (χ1n) is 7.23. The number of benzene rings is 1. The minimum atomic E-state index is -0.526. The van der Waals surface area contributed by atoms with Crippen molar-refractivity contribution in [3.05, 3.63) is 29.6 Å². The molecule has 1 fully saturated rings. The average Bonchev–Trinajstić information content (AvgIpc) is 2.46. The summed E-state index contributed by atoms with van der Waals surface area (Å²) in [6.45, 7) is 7.41. The van der Waals surface area contributed by atoms with Crippen molar-refractivity contribution in [1.82, 2.24) is 4.90 Å². The first-order chi connectivity index (χ1) is 10.3. The molecule has 5 nitrogen and oxygen atoms in total. The summed E-state index contributed by atoms with van der Waals surface area (Å²) in [7, 11) is 0. The maximum absolute atomic E-state index is 13.9. The van der Waals surface area contributed by atoms with Gasteiger partial charge in [-0.3, -0.25) is 0 Å². The highest BCUT2D eigenvalue weighted by Crippen LogP contribution is 2.22. The lowest BCUT2D eigenvalue weighted by Gasteiger charge is -2.36. The molecule has 1 aromatic rings. The molecule has 22 heavy (non-hydrogen) atoms. The molecule has 0 bridgehead atoms. The van der Waals surface area contributed by atoms with Crippen molar-refractivity contribution < 1.29 is 13.9 Å². The Hall–Kier alpha value is -2.29. The molecular weight excluding hydrogens is 285 g/mol. The number of carbonyl (C=O) groups is 1. The van der Waals surface area contributed by atoms with Gasteiger partial charge < -0.3 is 14.5 Å². The van der Waals surface area contributed by atoms with Crippen LogP contribution in [0.15, 0.2) is 18.2 Å². The second-order valence-corrected chi connectivity index (χ2v) is 6.23. The number of anilines is 1. The zero-order valence-electron chi connectivity index (χ0n) is 13.1. The van der Waals surface area contributed by atoms with Gasteiger partial charge in [0.2, 0.25) is 0 Å². The van der Waals surface area contributed by atoms with Crippen LogP contribution in [-0.4, -0.2) is 42.8 Å². The van der Waals surface area contributed by atoms with Gasteiger partial charge in [-0.25, -0.2) is 9.18 Å². The van der Waals surface area contributed by atoms with Crippen LogP contribution < -0.4 is 4.90 Å². The van der Waals surface area contributed by atoms with E-state index in [1.165, 1.54) is 12.1 Å². The van der Waals surface area contributed by atoms with Crippen LogP contribution in [-0.2, 0) is 4.74 Å². The molecule has 1 aliphatic heterocycles. The third-order valence-corrected chi connectivity index (χ3v) is 3.35. The van der Waals surface area contributed by atoms with E-state index in [0.717, 1.165) is 0 Å². The molecule has 2 rings (SSSR count). The predicted octanol–water partition coefficient (Wildman–Crippen LogP) is 2.75. The van der Waals surface area contributed by atoms with Crippen molar-refractivity contribution >= 4 is 11.8 Å². The summed E-state index contributed by atoms with van der Waals surface area (Å²) >= 11 is 0. The molecule has 0 spiro atoms. The lowest BCUT2D eigenvalue weighted by atomic mass is 10.1. The smallest absolute Gasteiger partial charge is 0.410 e. The van der Waals surface area contributed by atoms with Gasteiger partial charge in [0.25, 0.3) is 0 Å². The van der Waals surface area contributed by atoms with Gasteiger partial charge in [0, 0.05) is 26.2 Å². The van der Waals surface area contributed by atoms with Crippen molar-refractivity contribution in [2.75, 3.05) is 31.1 Å². The molecule has 0 atom stereocenters. The fraction of sp³-hybridized carbons (Fsp3) is 0.500. The van der Waals surface area contributed by atoms with E-state index in [0.29, 0.717) is 37.4 Å². The molecule has 0 aliphatic carbocycles. The third kappa shape index (κ3) is 3.88. The molecule has 1 saturated heterocycles. The van der Waals surface area contributed by atoms with E-state index >= 15 is 0 Å². The van der Waals surface area contributed by atoms with Crippen molar-refractivity contribution in [3.8, 4) is 6.07 Å². The highest BCUT2D eigenvalue weighted by molar-refractivity contribution is 5.68. The summed E-state index contributed by atoms with van der Waals surface area (Å²) in [5.74, 6) is -0.357. The molecule has 1 aliphatic rings. The Kier molecular flexibility index (Phi) is 4.55. The number of nitrogens with zero attached hydrogens (tertiary/aromatic N) is 3. The number of hydrogen-bond acceptors (Lipinski definition) is 4. The lowest BCUT2D eigenvalue weighted by molar-refractivity contribution is 0.0240. The van der Waals surface area contributed by atoms with Crippen molar-refractivity contribution in [3.63, 3.8) is 0 Å². The Balaban J connectivity index is 2.01. The zero-order valence-corrected chi connectivity index (χ0v) is 13.1. The van der Waals surface area contributed by atoms with E-state index in [1.54, 1.807) is 11.0 Å². The molecule has 1 amide bonds. The van der Waals surface area contributed by atoms with E-state index in [-0.39, 0.29) is 11.9 Å². The summed E-state index contributed by atoms with van der Waals surface area (Å²) in [6, 6.07) is 6.30. The number of halogens is 1. The number of piperazine rings is 1. The lowest BCUT2D eigenvalue weighted by Crippen LogP contribution is -2.50. The summed E-state index contributed by atoms with van der Waals surface area (Å²) in [5.41, 5.74) is 0.301. The molecule has 1 heterocycles. The van der Waals surface area contributed by atoms with Gasteiger partial charge in [0.05, 0.1) is 17.3 Å². The molecule has 0 aromatic heterocycles. The molecule has 0 N–H and O–H groups in total. The van der Waals surface area contributed by atoms with Crippen LogP contribution in [0.1, 0.15) is 26.3 Å². The van der Waals surface area contributed by atoms with E-state index in [2.05, 4.69) is 0 Å². The zero-order chi connectivity index (χ0) is 16.3. The predicted molar refractivity (Wildman–Crippen MR) is 81.1 cm³/mol. The number of amides is 1. The van der Waals surface area contributed by atoms with Crippen LogP contribution in [0.3, 0.4) is 0 Å². The second kappa shape index (κ2) is 6.22. The number of nitriles is 1. The molecule has 0 radical (unpaired) electrons. The second-order valence-electron chi connectivity index (χ2n) is 6.23. The van der Waals surface area contributed by atoms with Crippen molar-refractivity contribution in [1.29, 1.82) is 5.26 Å². The van der Waals surface area contributed by atoms with Crippen molar-refractivity contribution in [2.24, 2.45) is 0 Å². The highest BCUT2D eigenvalue weighted by atomic mass is 19.1. The van der Waals surface area contributed by atoms with Crippen LogP contribution in [0, 0.1) is 17.1 Å². The van der Waals surface area contributed by atoms with Gasteiger partial charge in [-0.2, -0.15) is 5.26 Å². The molecular formula is C16H20FN3O2. The minimum absolute atomic E-state index is 0.349. The third-order valence-electron chi connectivity index (χ3n) is 3.35. The quantitative estimate of drug-likeness (QED) is 0.800. The SMILES string of the molecule is CC(C)(C)OC(=O)N1CCN(c2cc(C#N)ccc2F)CC1.